The number of anilines is 1. The fourth-order valence-electron chi connectivity index (χ4n) is 1.68. The first-order valence-electron chi connectivity index (χ1n) is 4.96. The van der Waals surface area contributed by atoms with Crippen LogP contribution in [0.2, 0.25) is 0 Å². The zero-order valence-electron chi connectivity index (χ0n) is 10.1. The van der Waals surface area contributed by atoms with Gasteiger partial charge in [-0.3, -0.25) is 0 Å². The summed E-state index contributed by atoms with van der Waals surface area (Å²) < 4.78 is 10.4. The standard InChI is InChI=1S/C12H19NO2/c1-9-10(2)12(15-5)7-6-11(9)13(3)8-14-4/h6-7H,8H2,1-5H3. The molecule has 1 rings (SSSR count). The molecule has 0 aromatic heterocycles. The molecule has 0 heterocycles. The smallest absolute Gasteiger partial charge is 0.122 e. The van der Waals surface area contributed by atoms with E-state index in [9.17, 15) is 0 Å². The van der Waals surface area contributed by atoms with Crippen molar-refractivity contribution in [3.05, 3.63) is 23.3 Å². The van der Waals surface area contributed by atoms with Crippen LogP contribution in [-0.2, 0) is 4.74 Å². The van der Waals surface area contributed by atoms with Crippen LogP contribution in [0.1, 0.15) is 11.1 Å². The number of hydrogen-bond donors (Lipinski definition) is 0. The maximum atomic E-state index is 5.27. The second-order valence-corrected chi connectivity index (χ2v) is 3.65. The van der Waals surface area contributed by atoms with Crippen molar-refractivity contribution in [2.75, 3.05) is 32.9 Å². The molecule has 0 atom stereocenters. The summed E-state index contributed by atoms with van der Waals surface area (Å²) in [5.74, 6) is 0.932. The average molecular weight is 209 g/mol. The molecule has 0 saturated heterocycles. The fourth-order valence-corrected chi connectivity index (χ4v) is 1.68. The molecule has 0 spiro atoms. The molecule has 0 radical (unpaired) electrons. The topological polar surface area (TPSA) is 21.7 Å². The SMILES string of the molecule is COCN(C)c1ccc(OC)c(C)c1C. The highest BCUT2D eigenvalue weighted by molar-refractivity contribution is 5.59. The third kappa shape index (κ3) is 2.42. The van der Waals surface area contributed by atoms with Crippen LogP contribution in [0.5, 0.6) is 5.75 Å². The summed E-state index contributed by atoms with van der Waals surface area (Å²) in [6, 6.07) is 4.05. The predicted octanol–water partition coefficient (Wildman–Crippen LogP) is 2.35. The number of methoxy groups -OCH3 is 2. The van der Waals surface area contributed by atoms with Gasteiger partial charge in [0.2, 0.25) is 0 Å². The lowest BCUT2D eigenvalue weighted by Crippen LogP contribution is -2.20. The second kappa shape index (κ2) is 5.03. The molecule has 0 saturated carbocycles. The summed E-state index contributed by atoms with van der Waals surface area (Å²) >= 11 is 0. The van der Waals surface area contributed by atoms with E-state index in [1.165, 1.54) is 16.8 Å². The summed E-state index contributed by atoms with van der Waals surface area (Å²) in [4.78, 5) is 2.07. The maximum Gasteiger partial charge on any atom is 0.122 e. The van der Waals surface area contributed by atoms with Crippen molar-refractivity contribution in [3.63, 3.8) is 0 Å². The molecule has 3 heteroatoms. The Labute approximate surface area is 91.6 Å². The van der Waals surface area contributed by atoms with Crippen LogP contribution in [0, 0.1) is 13.8 Å². The predicted molar refractivity (Wildman–Crippen MR) is 62.7 cm³/mol. The Morgan fingerprint density at radius 3 is 2.33 bits per heavy atom. The molecule has 0 aliphatic carbocycles. The largest absolute Gasteiger partial charge is 0.496 e. The molecule has 3 nitrogen and oxygen atoms in total. The first kappa shape index (κ1) is 11.9. The van der Waals surface area contributed by atoms with Gasteiger partial charge in [0.1, 0.15) is 12.5 Å². The van der Waals surface area contributed by atoms with Gasteiger partial charge in [-0.15, -0.1) is 0 Å². The van der Waals surface area contributed by atoms with E-state index in [1.54, 1.807) is 14.2 Å². The van der Waals surface area contributed by atoms with Crippen LogP contribution in [0.15, 0.2) is 12.1 Å². The van der Waals surface area contributed by atoms with E-state index in [0.717, 1.165) is 5.75 Å². The minimum absolute atomic E-state index is 0.590. The molecule has 0 N–H and O–H groups in total. The molecule has 1 aromatic rings. The molecule has 84 valence electrons. The molecule has 0 bridgehead atoms. The van der Waals surface area contributed by atoms with E-state index < -0.39 is 0 Å². The Hall–Kier alpha value is -1.22. The Kier molecular flexibility index (Phi) is 3.97. The highest BCUT2D eigenvalue weighted by Crippen LogP contribution is 2.28. The van der Waals surface area contributed by atoms with Crippen molar-refractivity contribution >= 4 is 5.69 Å². The number of benzene rings is 1. The highest BCUT2D eigenvalue weighted by atomic mass is 16.5. The molecular weight excluding hydrogens is 190 g/mol. The Morgan fingerprint density at radius 2 is 1.80 bits per heavy atom. The van der Waals surface area contributed by atoms with Crippen molar-refractivity contribution in [3.8, 4) is 5.75 Å². The van der Waals surface area contributed by atoms with Gasteiger partial charge in [-0.1, -0.05) is 0 Å². The summed E-state index contributed by atoms with van der Waals surface area (Å²) in [6.45, 7) is 4.75. The summed E-state index contributed by atoms with van der Waals surface area (Å²) in [5, 5.41) is 0. The zero-order chi connectivity index (χ0) is 11.4. The molecule has 15 heavy (non-hydrogen) atoms. The molecule has 0 amide bonds. The first-order chi connectivity index (χ1) is 7.11. The number of hydrogen-bond acceptors (Lipinski definition) is 3. The number of nitrogens with zero attached hydrogens (tertiary/aromatic N) is 1. The van der Waals surface area contributed by atoms with Crippen molar-refractivity contribution < 1.29 is 9.47 Å². The van der Waals surface area contributed by atoms with Crippen molar-refractivity contribution in [2.24, 2.45) is 0 Å². The van der Waals surface area contributed by atoms with E-state index in [1.807, 2.05) is 13.1 Å². The molecule has 1 aromatic carbocycles. The second-order valence-electron chi connectivity index (χ2n) is 3.65. The summed E-state index contributed by atoms with van der Waals surface area (Å²) in [6.07, 6.45) is 0. The lowest BCUT2D eigenvalue weighted by atomic mass is 10.1. The normalized spacial score (nSPS) is 10.2. The van der Waals surface area contributed by atoms with Crippen molar-refractivity contribution in [1.29, 1.82) is 0 Å². The van der Waals surface area contributed by atoms with Gasteiger partial charge in [-0.2, -0.15) is 0 Å². The third-order valence-electron chi connectivity index (χ3n) is 2.66. The van der Waals surface area contributed by atoms with Crippen LogP contribution in [0.4, 0.5) is 5.69 Å². The van der Waals surface area contributed by atoms with E-state index >= 15 is 0 Å². The summed E-state index contributed by atoms with van der Waals surface area (Å²) in [5.41, 5.74) is 3.59. The third-order valence-corrected chi connectivity index (χ3v) is 2.66. The van der Waals surface area contributed by atoms with Gasteiger partial charge in [0, 0.05) is 19.8 Å². The highest BCUT2D eigenvalue weighted by Gasteiger charge is 2.09. The maximum absolute atomic E-state index is 5.27. The average Bonchev–Trinajstić information content (AvgIpc) is 2.22. The van der Waals surface area contributed by atoms with Gasteiger partial charge in [-0.25, -0.2) is 0 Å². The fraction of sp³-hybridized carbons (Fsp3) is 0.500. The Balaban J connectivity index is 3.06. The number of ether oxygens (including phenoxy) is 2. The van der Waals surface area contributed by atoms with Gasteiger partial charge in [0.05, 0.1) is 7.11 Å². The number of rotatable bonds is 4. The van der Waals surface area contributed by atoms with Gasteiger partial charge < -0.3 is 14.4 Å². The monoisotopic (exact) mass is 209 g/mol. The molecular formula is C12H19NO2. The van der Waals surface area contributed by atoms with Gasteiger partial charge in [-0.05, 0) is 37.1 Å². The van der Waals surface area contributed by atoms with Crippen LogP contribution in [0.25, 0.3) is 0 Å². The van der Waals surface area contributed by atoms with E-state index in [-0.39, 0.29) is 0 Å². The molecule has 0 fully saturated rings. The first-order valence-corrected chi connectivity index (χ1v) is 4.96. The summed E-state index contributed by atoms with van der Waals surface area (Å²) in [7, 11) is 5.40. The van der Waals surface area contributed by atoms with Crippen molar-refractivity contribution in [2.45, 2.75) is 13.8 Å². The van der Waals surface area contributed by atoms with Crippen LogP contribution in [-0.4, -0.2) is 28.0 Å². The van der Waals surface area contributed by atoms with Crippen LogP contribution in [0.3, 0.4) is 0 Å². The minimum atomic E-state index is 0.590. The lowest BCUT2D eigenvalue weighted by Gasteiger charge is -2.22. The van der Waals surface area contributed by atoms with E-state index in [0.29, 0.717) is 6.73 Å². The molecule has 0 unspecified atom stereocenters. The van der Waals surface area contributed by atoms with Crippen molar-refractivity contribution in [1.82, 2.24) is 0 Å². The lowest BCUT2D eigenvalue weighted by molar-refractivity contribution is 0.202. The Bertz CT molecular complexity index is 337. The van der Waals surface area contributed by atoms with E-state index in [4.69, 9.17) is 9.47 Å². The molecule has 0 aliphatic heterocycles. The molecule has 0 aliphatic rings. The van der Waals surface area contributed by atoms with Gasteiger partial charge in [0.25, 0.3) is 0 Å². The Morgan fingerprint density at radius 1 is 1.13 bits per heavy atom. The van der Waals surface area contributed by atoms with Gasteiger partial charge in [0.15, 0.2) is 0 Å². The zero-order valence-corrected chi connectivity index (χ0v) is 10.1. The van der Waals surface area contributed by atoms with Crippen LogP contribution < -0.4 is 9.64 Å². The minimum Gasteiger partial charge on any atom is -0.496 e. The van der Waals surface area contributed by atoms with E-state index in [2.05, 4.69) is 24.8 Å². The van der Waals surface area contributed by atoms with Crippen LogP contribution >= 0.6 is 0 Å². The van der Waals surface area contributed by atoms with Gasteiger partial charge >= 0.3 is 0 Å². The quantitative estimate of drug-likeness (QED) is 0.710.